The molecular weight excluding hydrogens is 342 g/mol. The summed E-state index contributed by atoms with van der Waals surface area (Å²) in [6, 6.07) is -0.173. The van der Waals surface area contributed by atoms with Crippen LogP contribution < -0.4 is 0 Å². The number of hydrogen-bond acceptors (Lipinski definition) is 4. The number of Topliss-reactive ketones (excluding diaryl/α,β-unsaturated/α-hetero) is 1. The minimum absolute atomic E-state index is 0.0651. The number of hydrogen-bond donors (Lipinski definition) is 2. The lowest BCUT2D eigenvalue weighted by atomic mass is 9.43. The van der Waals surface area contributed by atoms with Crippen molar-refractivity contribution < 1.29 is 19.7 Å². The maximum absolute atomic E-state index is 14.2. The van der Waals surface area contributed by atoms with E-state index in [4.69, 9.17) is 0 Å². The molecule has 0 radical (unpaired) electrons. The maximum atomic E-state index is 14.2. The van der Waals surface area contributed by atoms with E-state index in [0.717, 1.165) is 19.3 Å². The molecule has 1 heterocycles. The molecule has 1 aliphatic heterocycles. The van der Waals surface area contributed by atoms with Gasteiger partial charge in [-0.1, -0.05) is 13.5 Å². The molecule has 0 amide bonds. The van der Waals surface area contributed by atoms with Gasteiger partial charge in [0.05, 0.1) is 30.7 Å². The zero-order valence-corrected chi connectivity index (χ0v) is 16.4. The van der Waals surface area contributed by atoms with Crippen LogP contribution in [-0.4, -0.2) is 52.0 Å². The molecule has 5 nitrogen and oxygen atoms in total. The average molecular weight is 373 g/mol. The number of piperidine rings is 1. The second kappa shape index (κ2) is 4.53. The Labute approximate surface area is 160 Å². The molecule has 5 saturated carbocycles. The maximum Gasteiger partial charge on any atom is 0.140 e. The van der Waals surface area contributed by atoms with E-state index in [1.165, 1.54) is 0 Å². The summed E-state index contributed by atoms with van der Waals surface area (Å²) in [6.45, 7) is 9.47. The van der Waals surface area contributed by atoms with E-state index >= 15 is 0 Å². The van der Waals surface area contributed by atoms with E-state index in [0.29, 0.717) is 37.4 Å². The average Bonchev–Trinajstić information content (AvgIpc) is 3.17. The third-order valence-electron chi connectivity index (χ3n) is 10.7. The Hall–Kier alpha value is -0.750. The van der Waals surface area contributed by atoms with Crippen molar-refractivity contribution in [1.29, 1.82) is 0 Å². The van der Waals surface area contributed by atoms with Crippen LogP contribution in [0, 0.1) is 45.1 Å². The van der Waals surface area contributed by atoms with Gasteiger partial charge in [0.15, 0.2) is 0 Å². The standard InChI is InChI=1S/C22H31NO4/c1-4-23(27)10-20(3)6-5-17(25)22-15(20)7-13(18(22)23)21-9-12(11(2)19(21)26)14(24)8-16(21)22/h12-13,15-19,25-26H,2,4-10H2,1,3H3/t12?,13-,15+,16+,17-,18+,19+,20-,21?,22-,23?/m0/s1. The Morgan fingerprint density at radius 2 is 2.07 bits per heavy atom. The van der Waals surface area contributed by atoms with E-state index in [2.05, 4.69) is 13.5 Å². The van der Waals surface area contributed by atoms with Crippen LogP contribution in [0.5, 0.6) is 0 Å². The van der Waals surface area contributed by atoms with Crippen LogP contribution in [0.3, 0.4) is 0 Å². The van der Waals surface area contributed by atoms with Crippen molar-refractivity contribution in [3.05, 3.63) is 17.4 Å². The SMILES string of the molecule is C=C1C2CC3([C@@H]1O)[C@@H](CC2=O)[C@]12[C@@H]4C[C@H]3[C@H]1[N+]([O-])(CC)C[C@]4(C)CC[C@@H]2O. The number of rotatable bonds is 1. The predicted molar refractivity (Wildman–Crippen MR) is 99.0 cm³/mol. The van der Waals surface area contributed by atoms with Crippen LogP contribution in [-0.2, 0) is 4.79 Å². The van der Waals surface area contributed by atoms with Gasteiger partial charge in [-0.05, 0) is 50.0 Å². The molecule has 5 heteroatoms. The van der Waals surface area contributed by atoms with Gasteiger partial charge < -0.3 is 20.1 Å². The topological polar surface area (TPSA) is 80.6 Å². The summed E-state index contributed by atoms with van der Waals surface area (Å²) in [5.74, 6) is 0.275. The molecule has 27 heavy (non-hydrogen) atoms. The van der Waals surface area contributed by atoms with Crippen molar-refractivity contribution in [1.82, 2.24) is 0 Å². The molecule has 6 aliphatic rings. The highest BCUT2D eigenvalue weighted by atomic mass is 16.5. The number of aliphatic hydroxyl groups is 2. The van der Waals surface area contributed by atoms with Gasteiger partial charge in [-0.15, -0.1) is 0 Å². The van der Waals surface area contributed by atoms with Gasteiger partial charge in [-0.3, -0.25) is 4.79 Å². The molecule has 5 aliphatic carbocycles. The Kier molecular flexibility index (Phi) is 2.88. The van der Waals surface area contributed by atoms with Gasteiger partial charge in [-0.25, -0.2) is 0 Å². The molecule has 11 atom stereocenters. The smallest absolute Gasteiger partial charge is 0.140 e. The number of likely N-dealkylation sites (tertiary alicyclic amines) is 1. The van der Waals surface area contributed by atoms with E-state index in [-0.39, 0.29) is 39.6 Å². The zero-order valence-electron chi connectivity index (χ0n) is 16.4. The van der Waals surface area contributed by atoms with E-state index in [1.54, 1.807) is 0 Å². The second-order valence-corrected chi connectivity index (χ2v) is 11.0. The number of nitrogens with zero attached hydrogens (tertiary/aromatic N) is 1. The third-order valence-corrected chi connectivity index (χ3v) is 10.7. The molecule has 6 rings (SSSR count). The van der Waals surface area contributed by atoms with Crippen molar-refractivity contribution in [3.63, 3.8) is 0 Å². The van der Waals surface area contributed by atoms with Crippen LogP contribution >= 0.6 is 0 Å². The lowest BCUT2D eigenvalue weighted by Gasteiger charge is -2.68. The van der Waals surface area contributed by atoms with Crippen LogP contribution in [0.4, 0.5) is 0 Å². The Morgan fingerprint density at radius 3 is 2.78 bits per heavy atom. The minimum Gasteiger partial charge on any atom is -0.633 e. The van der Waals surface area contributed by atoms with Crippen molar-refractivity contribution in [2.24, 2.45) is 39.9 Å². The largest absolute Gasteiger partial charge is 0.633 e. The highest BCUT2D eigenvalue weighted by Crippen LogP contribution is 2.84. The lowest BCUT2D eigenvalue weighted by molar-refractivity contribution is -0.927. The molecule has 2 spiro atoms. The van der Waals surface area contributed by atoms with Crippen LogP contribution in [0.1, 0.15) is 46.0 Å². The van der Waals surface area contributed by atoms with Gasteiger partial charge >= 0.3 is 0 Å². The number of fused-ring (bicyclic) bond motifs is 1. The monoisotopic (exact) mass is 373 g/mol. The second-order valence-electron chi connectivity index (χ2n) is 11.0. The first-order chi connectivity index (χ1) is 12.7. The summed E-state index contributed by atoms with van der Waals surface area (Å²) in [4.78, 5) is 13.0. The van der Waals surface area contributed by atoms with Crippen LogP contribution in [0.2, 0.25) is 0 Å². The molecule has 3 unspecified atom stereocenters. The first-order valence-corrected chi connectivity index (χ1v) is 10.8. The molecule has 0 aromatic heterocycles. The van der Waals surface area contributed by atoms with Gasteiger partial charge in [0.2, 0.25) is 0 Å². The summed E-state index contributed by atoms with van der Waals surface area (Å²) in [6.07, 6.45) is 2.40. The molecule has 0 aromatic carbocycles. The van der Waals surface area contributed by atoms with Crippen molar-refractivity contribution in [2.45, 2.75) is 64.2 Å². The fourth-order valence-corrected chi connectivity index (χ4v) is 10.1. The van der Waals surface area contributed by atoms with E-state index in [9.17, 15) is 20.2 Å². The summed E-state index contributed by atoms with van der Waals surface area (Å²) >= 11 is 0. The molecule has 7 bridgehead atoms. The van der Waals surface area contributed by atoms with Gasteiger partial charge in [0.25, 0.3) is 0 Å². The zero-order chi connectivity index (χ0) is 19.1. The normalized spacial score (nSPS) is 65.6. The van der Waals surface area contributed by atoms with Gasteiger partial charge in [0.1, 0.15) is 11.8 Å². The summed E-state index contributed by atoms with van der Waals surface area (Å²) < 4.78 is -0.245. The van der Waals surface area contributed by atoms with Crippen molar-refractivity contribution in [2.75, 3.05) is 13.1 Å². The fraction of sp³-hybridized carbons (Fsp3) is 0.864. The molecule has 1 saturated heterocycles. The highest BCUT2D eigenvalue weighted by molar-refractivity contribution is 5.87. The Bertz CT molecular complexity index is 782. The molecule has 0 aromatic rings. The van der Waals surface area contributed by atoms with E-state index in [1.807, 2.05) is 6.92 Å². The molecule has 2 N–H and O–H groups in total. The third kappa shape index (κ3) is 1.44. The van der Waals surface area contributed by atoms with Gasteiger partial charge in [0, 0.05) is 29.1 Å². The van der Waals surface area contributed by atoms with E-state index < -0.39 is 23.0 Å². The van der Waals surface area contributed by atoms with Crippen LogP contribution in [0.25, 0.3) is 0 Å². The molecular formula is C22H31NO4. The summed E-state index contributed by atoms with van der Waals surface area (Å²) in [5, 5.41) is 37.0. The number of carbonyl (C=O) groups excluding carboxylic acids is 1. The first-order valence-electron chi connectivity index (χ1n) is 10.8. The fourth-order valence-electron chi connectivity index (χ4n) is 10.1. The number of quaternary nitrogens is 1. The number of ketones is 1. The Morgan fingerprint density at radius 1 is 1.33 bits per heavy atom. The highest BCUT2D eigenvalue weighted by Gasteiger charge is 2.88. The number of aliphatic hydroxyl groups excluding tert-OH is 2. The number of hydroxylamine groups is 3. The molecule has 148 valence electrons. The van der Waals surface area contributed by atoms with Crippen molar-refractivity contribution >= 4 is 5.78 Å². The Balaban J connectivity index is 1.64. The predicted octanol–water partition coefficient (Wildman–Crippen LogP) is 2.01. The van der Waals surface area contributed by atoms with Gasteiger partial charge in [-0.2, -0.15) is 0 Å². The lowest BCUT2D eigenvalue weighted by Crippen LogP contribution is -2.73. The summed E-state index contributed by atoms with van der Waals surface area (Å²) in [7, 11) is 0. The summed E-state index contributed by atoms with van der Waals surface area (Å²) in [5.41, 5.74) is -0.303. The number of carbonyl (C=O) groups is 1. The quantitative estimate of drug-likeness (QED) is 0.419. The minimum atomic E-state index is -0.699. The van der Waals surface area contributed by atoms with Crippen LogP contribution in [0.15, 0.2) is 12.2 Å². The van der Waals surface area contributed by atoms with Crippen molar-refractivity contribution in [3.8, 4) is 0 Å². The first kappa shape index (κ1) is 17.1. The molecule has 6 fully saturated rings.